The van der Waals surface area contributed by atoms with Crippen LogP contribution in [0.15, 0.2) is 45.9 Å². The number of hydrogen-bond donors (Lipinski definition) is 1. The number of pyridine rings is 1. The Labute approximate surface area is 133 Å². The van der Waals surface area contributed by atoms with Gasteiger partial charge in [-0.2, -0.15) is 0 Å². The normalized spacial score (nSPS) is 11.1. The predicted octanol–water partition coefficient (Wildman–Crippen LogP) is 3.21. The lowest BCUT2D eigenvalue weighted by Gasteiger charge is -2.08. The lowest BCUT2D eigenvalue weighted by Crippen LogP contribution is -2.14. The fraction of sp³-hybridized carbons (Fsp3) is 0. The van der Waals surface area contributed by atoms with E-state index in [4.69, 9.17) is 11.6 Å². The third-order valence-corrected chi connectivity index (χ3v) is 4.48. The van der Waals surface area contributed by atoms with Crippen molar-refractivity contribution in [2.75, 3.05) is 4.72 Å². The third kappa shape index (κ3) is 3.69. The second kappa shape index (κ2) is 5.96. The van der Waals surface area contributed by atoms with Crippen LogP contribution < -0.4 is 4.72 Å². The molecule has 0 aliphatic rings. The molecule has 0 aliphatic carbocycles. The predicted molar refractivity (Wildman–Crippen MR) is 80.9 cm³/mol. The highest BCUT2D eigenvalue weighted by atomic mass is 79.9. The minimum absolute atomic E-state index is 0.141. The average Bonchev–Trinajstić information content (AvgIpc) is 2.41. The molecule has 0 unspecified atom stereocenters. The Morgan fingerprint density at radius 3 is 2.57 bits per heavy atom. The number of nitrogens with one attached hydrogen (secondary N) is 1. The molecule has 0 fully saturated rings. The van der Waals surface area contributed by atoms with Gasteiger partial charge in [-0.3, -0.25) is 14.8 Å². The van der Waals surface area contributed by atoms with Crippen molar-refractivity contribution in [2.24, 2.45) is 0 Å². The van der Waals surface area contributed by atoms with Gasteiger partial charge in [0.05, 0.1) is 4.92 Å². The number of hydrogen-bond acceptors (Lipinski definition) is 5. The van der Waals surface area contributed by atoms with Crippen LogP contribution in [0.3, 0.4) is 0 Å². The molecule has 0 aliphatic heterocycles. The van der Waals surface area contributed by atoms with E-state index in [0.29, 0.717) is 4.47 Å². The van der Waals surface area contributed by atoms with E-state index in [1.54, 1.807) is 0 Å². The van der Waals surface area contributed by atoms with Gasteiger partial charge in [0.1, 0.15) is 15.7 Å². The number of benzene rings is 1. The molecule has 1 N–H and O–H groups in total. The smallest absolute Gasteiger partial charge is 0.273 e. The molecular weight excluding hydrogens is 386 g/mol. The van der Waals surface area contributed by atoms with Crippen molar-refractivity contribution < 1.29 is 13.3 Å². The fourth-order valence-electron chi connectivity index (χ4n) is 1.47. The molecule has 0 atom stereocenters. The Morgan fingerprint density at radius 1 is 1.29 bits per heavy atom. The SMILES string of the molecule is O=[N+]([O-])c1cc(Br)ccc1NS(=O)(=O)c1ccc(Cl)nc1. The van der Waals surface area contributed by atoms with Gasteiger partial charge in [0.25, 0.3) is 15.7 Å². The van der Waals surface area contributed by atoms with Gasteiger partial charge in [-0.1, -0.05) is 27.5 Å². The Morgan fingerprint density at radius 2 is 2.00 bits per heavy atom. The maximum atomic E-state index is 12.1. The summed E-state index contributed by atoms with van der Waals surface area (Å²) in [5, 5.41) is 11.1. The van der Waals surface area contributed by atoms with E-state index in [1.807, 2.05) is 0 Å². The fourth-order valence-corrected chi connectivity index (χ4v) is 2.95. The van der Waals surface area contributed by atoms with E-state index >= 15 is 0 Å². The first-order valence-corrected chi connectivity index (χ1v) is 8.03. The van der Waals surface area contributed by atoms with Crippen LogP contribution in [0.4, 0.5) is 11.4 Å². The molecule has 0 bridgehead atoms. The second-order valence-corrected chi connectivity index (χ2v) is 6.83. The molecule has 0 radical (unpaired) electrons. The van der Waals surface area contributed by atoms with Gasteiger partial charge in [0.2, 0.25) is 0 Å². The first-order valence-electron chi connectivity index (χ1n) is 5.38. The van der Waals surface area contributed by atoms with Crippen LogP contribution in [0.2, 0.25) is 5.15 Å². The molecule has 0 amide bonds. The Kier molecular flexibility index (Phi) is 4.45. The molecule has 1 heterocycles. The van der Waals surface area contributed by atoms with Crippen LogP contribution >= 0.6 is 27.5 Å². The van der Waals surface area contributed by atoms with Crippen LogP contribution in [0.1, 0.15) is 0 Å². The zero-order valence-electron chi connectivity index (χ0n) is 10.2. The number of halogens is 2. The minimum atomic E-state index is -3.99. The van der Waals surface area contributed by atoms with Crippen LogP contribution in [0, 0.1) is 10.1 Å². The van der Waals surface area contributed by atoms with Crippen molar-refractivity contribution in [3.8, 4) is 0 Å². The summed E-state index contributed by atoms with van der Waals surface area (Å²) in [5.74, 6) is 0. The largest absolute Gasteiger partial charge is 0.294 e. The Balaban J connectivity index is 2.41. The van der Waals surface area contributed by atoms with Crippen molar-refractivity contribution in [3.05, 3.63) is 56.3 Å². The van der Waals surface area contributed by atoms with Gasteiger partial charge in [-0.15, -0.1) is 0 Å². The molecule has 1 aromatic carbocycles. The van der Waals surface area contributed by atoms with E-state index in [2.05, 4.69) is 25.6 Å². The monoisotopic (exact) mass is 391 g/mol. The molecule has 1 aromatic heterocycles. The first kappa shape index (κ1) is 15.7. The first-order chi connectivity index (χ1) is 9.79. The standard InChI is InChI=1S/C11H7BrClN3O4S/c12-7-1-3-9(10(5-7)16(17)18)15-21(19,20)8-2-4-11(13)14-6-8/h1-6,15H. The number of nitro benzene ring substituents is 1. The van der Waals surface area contributed by atoms with Crippen molar-refractivity contribution in [1.29, 1.82) is 0 Å². The Bertz CT molecular complexity index is 796. The third-order valence-electron chi connectivity index (χ3n) is 2.41. The van der Waals surface area contributed by atoms with Crippen molar-refractivity contribution in [1.82, 2.24) is 4.98 Å². The highest BCUT2D eigenvalue weighted by Gasteiger charge is 2.21. The van der Waals surface area contributed by atoms with E-state index < -0.39 is 14.9 Å². The highest BCUT2D eigenvalue weighted by molar-refractivity contribution is 9.10. The molecule has 0 saturated carbocycles. The summed E-state index contributed by atoms with van der Waals surface area (Å²) in [6.07, 6.45) is 1.06. The molecule has 2 rings (SSSR count). The zero-order valence-corrected chi connectivity index (χ0v) is 13.3. The minimum Gasteiger partial charge on any atom is -0.273 e. The summed E-state index contributed by atoms with van der Waals surface area (Å²) >= 11 is 8.68. The highest BCUT2D eigenvalue weighted by Crippen LogP contribution is 2.29. The number of nitrogens with zero attached hydrogens (tertiary/aromatic N) is 2. The summed E-state index contributed by atoms with van der Waals surface area (Å²) in [6.45, 7) is 0. The number of aromatic nitrogens is 1. The maximum Gasteiger partial charge on any atom is 0.294 e. The number of sulfonamides is 1. The molecule has 21 heavy (non-hydrogen) atoms. The van der Waals surface area contributed by atoms with Gasteiger partial charge in [0, 0.05) is 16.7 Å². The van der Waals surface area contributed by atoms with E-state index in [-0.39, 0.29) is 21.4 Å². The summed E-state index contributed by atoms with van der Waals surface area (Å²) in [5.41, 5.74) is -0.506. The molecule has 7 nitrogen and oxygen atoms in total. The van der Waals surface area contributed by atoms with Crippen molar-refractivity contribution in [3.63, 3.8) is 0 Å². The number of anilines is 1. The summed E-state index contributed by atoms with van der Waals surface area (Å²) < 4.78 is 26.9. The van der Waals surface area contributed by atoms with Gasteiger partial charge in [-0.25, -0.2) is 13.4 Å². The summed E-state index contributed by atoms with van der Waals surface area (Å²) in [4.78, 5) is 13.8. The number of nitro groups is 1. The van der Waals surface area contributed by atoms with Crippen molar-refractivity contribution >= 4 is 48.9 Å². The molecule has 110 valence electrons. The second-order valence-electron chi connectivity index (χ2n) is 3.84. The van der Waals surface area contributed by atoms with Crippen molar-refractivity contribution in [2.45, 2.75) is 4.90 Å². The molecule has 2 aromatic rings. The van der Waals surface area contributed by atoms with Crippen LogP contribution in [-0.2, 0) is 10.0 Å². The van der Waals surface area contributed by atoms with Gasteiger partial charge in [-0.05, 0) is 24.3 Å². The van der Waals surface area contributed by atoms with Crippen LogP contribution in [-0.4, -0.2) is 18.3 Å². The van der Waals surface area contributed by atoms with E-state index in [0.717, 1.165) is 6.20 Å². The average molecular weight is 393 g/mol. The van der Waals surface area contributed by atoms with E-state index in [9.17, 15) is 18.5 Å². The Hall–Kier alpha value is -1.71. The van der Waals surface area contributed by atoms with E-state index in [1.165, 1.54) is 30.3 Å². The number of rotatable bonds is 4. The maximum absolute atomic E-state index is 12.1. The lowest BCUT2D eigenvalue weighted by molar-refractivity contribution is -0.384. The summed E-state index contributed by atoms with van der Waals surface area (Å²) in [7, 11) is -3.99. The lowest BCUT2D eigenvalue weighted by atomic mass is 10.3. The topological polar surface area (TPSA) is 102 Å². The molecular formula is C11H7BrClN3O4S. The van der Waals surface area contributed by atoms with Crippen LogP contribution in [0.5, 0.6) is 0 Å². The van der Waals surface area contributed by atoms with Gasteiger partial charge in [0.15, 0.2) is 0 Å². The molecule has 0 saturated heterocycles. The van der Waals surface area contributed by atoms with Gasteiger partial charge < -0.3 is 0 Å². The molecule has 10 heteroatoms. The zero-order chi connectivity index (χ0) is 15.6. The quantitative estimate of drug-likeness (QED) is 0.489. The van der Waals surface area contributed by atoms with Gasteiger partial charge >= 0.3 is 0 Å². The summed E-state index contributed by atoms with van der Waals surface area (Å²) in [6, 6.07) is 6.56. The molecule has 0 spiro atoms. The van der Waals surface area contributed by atoms with Crippen LogP contribution in [0.25, 0.3) is 0 Å².